The van der Waals surface area contributed by atoms with E-state index in [1.165, 1.54) is 24.1 Å². The molecule has 0 saturated carbocycles. The van der Waals surface area contributed by atoms with Crippen molar-refractivity contribution in [2.45, 2.75) is 32.6 Å². The molecule has 14 heavy (non-hydrogen) atoms. The summed E-state index contributed by atoms with van der Waals surface area (Å²) in [6.45, 7) is 6.09. The van der Waals surface area contributed by atoms with Gasteiger partial charge in [0.25, 0.3) is 0 Å². The number of unbranched alkanes of at least 4 members (excludes halogenated alkanes) is 1. The average Bonchev–Trinajstić information content (AvgIpc) is 2.15. The molecule has 1 rings (SSSR count). The Hall–Kier alpha value is 0.202. The van der Waals surface area contributed by atoms with Crippen molar-refractivity contribution in [2.24, 2.45) is 0 Å². The largest absolute Gasteiger partial charge is 2.00 e. The van der Waals surface area contributed by atoms with E-state index in [9.17, 15) is 0 Å². The second kappa shape index (κ2) is 9.75. The van der Waals surface area contributed by atoms with Gasteiger partial charge in [0.05, 0.1) is 0 Å². The van der Waals surface area contributed by atoms with Crippen LogP contribution in [0, 0.1) is 45.5 Å². The quantitative estimate of drug-likeness (QED) is 0.689. The first-order chi connectivity index (χ1) is 5.88. The van der Waals surface area contributed by atoms with Gasteiger partial charge in [0.15, 0.2) is 0 Å². The molecule has 1 aromatic heterocycles. The first-order valence-corrected chi connectivity index (χ1v) is 4.60. The summed E-state index contributed by atoms with van der Waals surface area (Å²) in [6, 6.07) is 4.10. The normalized spacial score (nSPS) is 8.71. The van der Waals surface area contributed by atoms with E-state index in [0.717, 1.165) is 12.8 Å². The Morgan fingerprint density at radius 3 is 2.71 bits per heavy atom. The number of rotatable bonds is 4. The van der Waals surface area contributed by atoms with Crippen LogP contribution in [0.4, 0.5) is 0 Å². The molecule has 2 heteroatoms. The summed E-state index contributed by atoms with van der Waals surface area (Å²) in [4.78, 5) is 4.35. The van der Waals surface area contributed by atoms with E-state index in [0.29, 0.717) is 0 Å². The second-order valence-corrected chi connectivity index (χ2v) is 2.96. The maximum atomic E-state index is 4.35. The summed E-state index contributed by atoms with van der Waals surface area (Å²) in [5, 5.41) is 0. The Morgan fingerprint density at radius 1 is 1.43 bits per heavy atom. The van der Waals surface area contributed by atoms with E-state index in [-0.39, 0.29) is 38.5 Å². The fraction of sp³-hybridized carbons (Fsp3) is 0.417. The molecule has 0 spiro atoms. The molecule has 0 aliphatic rings. The van der Waals surface area contributed by atoms with Crippen LogP contribution in [0.2, 0.25) is 0 Å². The van der Waals surface area contributed by atoms with Crippen LogP contribution in [-0.4, -0.2) is 4.98 Å². The molecule has 0 saturated heterocycles. The van der Waals surface area contributed by atoms with E-state index in [2.05, 4.69) is 24.9 Å². The van der Waals surface area contributed by atoms with Crippen molar-refractivity contribution < 1.29 is 31.1 Å². The van der Waals surface area contributed by atoms with Gasteiger partial charge in [-0.05, 0) is 18.9 Å². The molecule has 76 valence electrons. The first kappa shape index (κ1) is 16.6. The van der Waals surface area contributed by atoms with Gasteiger partial charge in [0, 0.05) is 11.9 Å². The number of aromatic nitrogens is 1. The molecule has 0 N–H and O–H groups in total. The van der Waals surface area contributed by atoms with Crippen LogP contribution in [0.15, 0.2) is 18.3 Å². The zero-order chi connectivity index (χ0) is 8.81. The van der Waals surface area contributed by atoms with Crippen LogP contribution in [0.25, 0.3) is 0 Å². The van der Waals surface area contributed by atoms with Crippen LogP contribution in [0.5, 0.6) is 0 Å². The zero-order valence-electron chi connectivity index (χ0n) is 9.21. The van der Waals surface area contributed by atoms with Crippen molar-refractivity contribution in [1.82, 2.24) is 4.98 Å². The summed E-state index contributed by atoms with van der Waals surface area (Å²) < 4.78 is 0. The number of hydrogen-bond donors (Lipinski definition) is 0. The van der Waals surface area contributed by atoms with Gasteiger partial charge in [-0.1, -0.05) is 25.0 Å². The monoisotopic (exact) mass is 415 g/mol. The minimum absolute atomic E-state index is 0. The zero-order valence-corrected chi connectivity index (χ0v) is 13.4. The third-order valence-electron chi connectivity index (χ3n) is 2.02. The number of nitrogens with zero attached hydrogens (tertiary/aromatic N) is 1. The Balaban J connectivity index is 0. The fourth-order valence-corrected chi connectivity index (χ4v) is 1.27. The van der Waals surface area contributed by atoms with Gasteiger partial charge in [-0.3, -0.25) is 4.98 Å². The maximum Gasteiger partial charge on any atom is 2.00 e. The van der Waals surface area contributed by atoms with Crippen molar-refractivity contribution in [3.8, 4) is 0 Å². The van der Waals surface area contributed by atoms with Gasteiger partial charge in [-0.2, -0.15) is 6.42 Å². The molecule has 0 amide bonds. The first-order valence-electron chi connectivity index (χ1n) is 4.60. The van der Waals surface area contributed by atoms with Crippen molar-refractivity contribution in [3.63, 3.8) is 0 Å². The average molecular weight is 415 g/mol. The topological polar surface area (TPSA) is 12.9 Å². The molecule has 0 aliphatic heterocycles. The van der Waals surface area contributed by atoms with E-state index >= 15 is 0 Å². The minimum Gasteiger partial charge on any atom is -0.358 e. The SMILES string of the molecule is [CH2-]Cc1cccnc1CCCC.[CH3-].[U+2]. The van der Waals surface area contributed by atoms with Crippen LogP contribution in [0.1, 0.15) is 31.0 Å². The Labute approximate surface area is 112 Å². The Bertz CT molecular complexity index is 236. The predicted octanol–water partition coefficient (Wildman–Crippen LogP) is 3.25. The van der Waals surface area contributed by atoms with Crippen molar-refractivity contribution >= 4 is 0 Å². The summed E-state index contributed by atoms with van der Waals surface area (Å²) >= 11 is 0. The molecule has 0 fully saturated rings. The number of aryl methyl sites for hydroxylation is 1. The van der Waals surface area contributed by atoms with E-state index in [4.69, 9.17) is 0 Å². The maximum absolute atomic E-state index is 4.35. The van der Waals surface area contributed by atoms with Crippen molar-refractivity contribution in [2.75, 3.05) is 0 Å². The Kier molecular flexibility index (Phi) is 11.6. The number of hydrogen-bond acceptors (Lipinski definition) is 1. The molecular formula is C12H19NU. The van der Waals surface area contributed by atoms with Gasteiger partial charge in [-0.15, -0.1) is 0 Å². The fourth-order valence-electron chi connectivity index (χ4n) is 1.27. The van der Waals surface area contributed by atoms with E-state index in [1.54, 1.807) is 0 Å². The minimum atomic E-state index is 0. The molecule has 0 bridgehead atoms. The van der Waals surface area contributed by atoms with Gasteiger partial charge in [-0.25, -0.2) is 0 Å². The van der Waals surface area contributed by atoms with Crippen molar-refractivity contribution in [3.05, 3.63) is 43.9 Å². The third kappa shape index (κ3) is 5.17. The van der Waals surface area contributed by atoms with Crippen molar-refractivity contribution in [1.29, 1.82) is 0 Å². The smallest absolute Gasteiger partial charge is 0.358 e. The van der Waals surface area contributed by atoms with E-state index < -0.39 is 0 Å². The molecule has 0 radical (unpaired) electrons. The van der Waals surface area contributed by atoms with Gasteiger partial charge >= 0.3 is 31.1 Å². The molecular weight excluding hydrogens is 396 g/mol. The molecule has 0 atom stereocenters. The molecule has 0 aliphatic carbocycles. The van der Waals surface area contributed by atoms with Gasteiger partial charge in [0.1, 0.15) is 0 Å². The van der Waals surface area contributed by atoms with Gasteiger partial charge in [0.2, 0.25) is 0 Å². The molecule has 1 aromatic rings. The summed E-state index contributed by atoms with van der Waals surface area (Å²) in [6.07, 6.45) is 6.27. The summed E-state index contributed by atoms with van der Waals surface area (Å²) in [7, 11) is 0. The summed E-state index contributed by atoms with van der Waals surface area (Å²) in [5.41, 5.74) is 2.53. The van der Waals surface area contributed by atoms with E-state index in [1.807, 2.05) is 12.3 Å². The standard InChI is InChI=1S/C11H16N.CH3.U/c1-3-5-8-11-10(4-2)7-6-9-12-11;;/h6-7,9H,2-5,8H2,1H3;1H3;/q2*-1;+2. The summed E-state index contributed by atoms with van der Waals surface area (Å²) in [5.74, 6) is 0. The molecule has 0 unspecified atom stereocenters. The molecule has 0 aromatic carbocycles. The number of pyridine rings is 1. The van der Waals surface area contributed by atoms with Crippen LogP contribution >= 0.6 is 0 Å². The Morgan fingerprint density at radius 2 is 2.14 bits per heavy atom. The third-order valence-corrected chi connectivity index (χ3v) is 2.02. The molecule has 1 nitrogen and oxygen atoms in total. The van der Waals surface area contributed by atoms with Gasteiger partial charge < -0.3 is 14.4 Å². The second-order valence-electron chi connectivity index (χ2n) is 2.96. The predicted molar refractivity (Wildman–Crippen MR) is 58.3 cm³/mol. The molecule has 1 heterocycles. The van der Waals surface area contributed by atoms with Crippen LogP contribution in [0.3, 0.4) is 0 Å². The van der Waals surface area contributed by atoms with Crippen LogP contribution < -0.4 is 0 Å². The van der Waals surface area contributed by atoms with Crippen LogP contribution in [-0.2, 0) is 12.8 Å².